The zero-order chi connectivity index (χ0) is 14.0. The third-order valence-corrected chi connectivity index (χ3v) is 3.69. The third kappa shape index (κ3) is 2.62. The summed E-state index contributed by atoms with van der Waals surface area (Å²) in [5.74, 6) is 0.179. The fourth-order valence-corrected chi connectivity index (χ4v) is 2.92. The van der Waals surface area contributed by atoms with Gasteiger partial charge in [0.15, 0.2) is 0 Å². The number of nitrogens with zero attached hydrogens (tertiary/aromatic N) is 3. The van der Waals surface area contributed by atoms with E-state index in [4.69, 9.17) is 11.0 Å². The van der Waals surface area contributed by atoms with Gasteiger partial charge in [0.05, 0.1) is 11.8 Å². The van der Waals surface area contributed by atoms with E-state index in [1.54, 1.807) is 4.68 Å². The van der Waals surface area contributed by atoms with E-state index in [1.807, 2.05) is 0 Å². The molecule has 0 fully saturated rings. The molecule has 0 aromatic carbocycles. The van der Waals surface area contributed by atoms with Gasteiger partial charge in [-0.15, -0.1) is 0 Å². The van der Waals surface area contributed by atoms with E-state index in [0.29, 0.717) is 12.3 Å². The van der Waals surface area contributed by atoms with Crippen LogP contribution >= 0.6 is 0 Å². The van der Waals surface area contributed by atoms with Gasteiger partial charge in [-0.2, -0.15) is 10.4 Å². The van der Waals surface area contributed by atoms with Crippen LogP contribution in [-0.2, 0) is 17.8 Å². The van der Waals surface area contributed by atoms with E-state index in [0.717, 1.165) is 30.7 Å². The lowest BCUT2D eigenvalue weighted by Gasteiger charge is -2.22. The van der Waals surface area contributed by atoms with Gasteiger partial charge in [0.2, 0.25) is 5.91 Å². The minimum absolute atomic E-state index is 0.133. The molecule has 0 saturated heterocycles. The summed E-state index contributed by atoms with van der Waals surface area (Å²) in [7, 11) is 0. The van der Waals surface area contributed by atoms with Gasteiger partial charge < -0.3 is 5.73 Å². The summed E-state index contributed by atoms with van der Waals surface area (Å²) in [6.45, 7) is 4.32. The Morgan fingerprint density at radius 3 is 2.95 bits per heavy atom. The predicted molar refractivity (Wildman–Crippen MR) is 71.4 cm³/mol. The molecule has 0 saturated carbocycles. The molecule has 19 heavy (non-hydrogen) atoms. The van der Waals surface area contributed by atoms with Crippen LogP contribution in [-0.4, -0.2) is 15.7 Å². The van der Waals surface area contributed by atoms with Crippen LogP contribution < -0.4 is 5.73 Å². The molecule has 102 valence electrons. The van der Waals surface area contributed by atoms with Crippen molar-refractivity contribution in [1.82, 2.24) is 9.78 Å². The molecule has 0 spiro atoms. The van der Waals surface area contributed by atoms with Gasteiger partial charge in [0, 0.05) is 23.6 Å². The fraction of sp³-hybridized carbons (Fsp3) is 0.643. The number of primary amides is 1. The highest BCUT2D eigenvalue weighted by molar-refractivity contribution is 5.73. The lowest BCUT2D eigenvalue weighted by Crippen LogP contribution is -2.22. The molecule has 1 amide bonds. The minimum atomic E-state index is -0.372. The quantitative estimate of drug-likeness (QED) is 0.896. The van der Waals surface area contributed by atoms with Crippen LogP contribution in [0.1, 0.15) is 61.9 Å². The average molecular weight is 260 g/mol. The molecule has 2 N–H and O–H groups in total. The van der Waals surface area contributed by atoms with Crippen molar-refractivity contribution < 1.29 is 4.79 Å². The van der Waals surface area contributed by atoms with E-state index in [2.05, 4.69) is 25.0 Å². The highest BCUT2D eigenvalue weighted by Gasteiger charge is 2.29. The first kappa shape index (κ1) is 13.6. The Morgan fingerprint density at radius 2 is 2.37 bits per heavy atom. The summed E-state index contributed by atoms with van der Waals surface area (Å²) in [6, 6.07) is 2.27. The SMILES string of the molecule is CC(C)c1nn(CC(N)=O)c2c1C(CC#N)CCC2. The second-order valence-corrected chi connectivity index (χ2v) is 5.48. The van der Waals surface area contributed by atoms with Crippen LogP contribution in [0.4, 0.5) is 0 Å². The molecule has 1 heterocycles. The molecule has 1 aromatic rings. The largest absolute Gasteiger partial charge is 0.368 e. The summed E-state index contributed by atoms with van der Waals surface area (Å²) in [4.78, 5) is 11.1. The van der Waals surface area contributed by atoms with E-state index in [-0.39, 0.29) is 18.4 Å². The van der Waals surface area contributed by atoms with Gasteiger partial charge in [-0.05, 0) is 25.2 Å². The van der Waals surface area contributed by atoms with Crippen molar-refractivity contribution in [3.05, 3.63) is 17.0 Å². The number of rotatable bonds is 4. The van der Waals surface area contributed by atoms with Crippen LogP contribution in [0.3, 0.4) is 0 Å². The van der Waals surface area contributed by atoms with Gasteiger partial charge >= 0.3 is 0 Å². The Bertz CT molecular complexity index is 524. The predicted octanol–water partition coefficient (Wildman–Crippen LogP) is 1.83. The molecule has 1 unspecified atom stereocenters. The summed E-state index contributed by atoms with van der Waals surface area (Å²) >= 11 is 0. The Morgan fingerprint density at radius 1 is 1.63 bits per heavy atom. The number of fused-ring (bicyclic) bond motifs is 1. The van der Waals surface area contributed by atoms with Gasteiger partial charge in [0.1, 0.15) is 6.54 Å². The summed E-state index contributed by atoms with van der Waals surface area (Å²) < 4.78 is 1.75. The second-order valence-electron chi connectivity index (χ2n) is 5.48. The zero-order valence-corrected chi connectivity index (χ0v) is 11.5. The number of hydrogen-bond acceptors (Lipinski definition) is 3. The third-order valence-electron chi connectivity index (χ3n) is 3.69. The summed E-state index contributed by atoms with van der Waals surface area (Å²) in [5.41, 5.74) is 8.61. The van der Waals surface area contributed by atoms with E-state index < -0.39 is 0 Å². The molecule has 1 atom stereocenters. The number of hydrogen-bond donors (Lipinski definition) is 1. The molecular formula is C14H20N4O. The number of nitrogens with two attached hydrogens (primary N) is 1. The second kappa shape index (κ2) is 5.43. The summed E-state index contributed by atoms with van der Waals surface area (Å²) in [5, 5.41) is 13.5. The minimum Gasteiger partial charge on any atom is -0.368 e. The number of nitriles is 1. The molecule has 0 radical (unpaired) electrons. The van der Waals surface area contributed by atoms with Gasteiger partial charge in [-0.3, -0.25) is 9.48 Å². The molecule has 2 rings (SSSR count). The number of aromatic nitrogens is 2. The van der Waals surface area contributed by atoms with Crippen LogP contribution in [0.2, 0.25) is 0 Å². The van der Waals surface area contributed by atoms with Crippen LogP contribution in [0.15, 0.2) is 0 Å². The fourth-order valence-electron chi connectivity index (χ4n) is 2.92. The zero-order valence-electron chi connectivity index (χ0n) is 11.5. The first-order chi connectivity index (χ1) is 9.04. The van der Waals surface area contributed by atoms with E-state index in [1.165, 1.54) is 5.56 Å². The van der Waals surface area contributed by atoms with Crippen LogP contribution in [0.5, 0.6) is 0 Å². The topological polar surface area (TPSA) is 84.7 Å². The maximum Gasteiger partial charge on any atom is 0.239 e. The molecular weight excluding hydrogens is 240 g/mol. The molecule has 0 aliphatic heterocycles. The lowest BCUT2D eigenvalue weighted by atomic mass is 9.82. The van der Waals surface area contributed by atoms with Gasteiger partial charge in [-0.25, -0.2) is 0 Å². The normalized spacial score (nSPS) is 18.1. The van der Waals surface area contributed by atoms with Crippen molar-refractivity contribution in [2.75, 3.05) is 0 Å². The smallest absolute Gasteiger partial charge is 0.239 e. The van der Waals surface area contributed by atoms with Crippen molar-refractivity contribution in [2.45, 2.75) is 57.9 Å². The van der Waals surface area contributed by atoms with Crippen molar-refractivity contribution in [3.63, 3.8) is 0 Å². The highest BCUT2D eigenvalue weighted by Crippen LogP contribution is 2.38. The highest BCUT2D eigenvalue weighted by atomic mass is 16.1. The van der Waals surface area contributed by atoms with Gasteiger partial charge in [-0.1, -0.05) is 13.8 Å². The van der Waals surface area contributed by atoms with E-state index >= 15 is 0 Å². The maximum atomic E-state index is 11.1. The van der Waals surface area contributed by atoms with Crippen molar-refractivity contribution >= 4 is 5.91 Å². The van der Waals surface area contributed by atoms with Crippen molar-refractivity contribution in [3.8, 4) is 6.07 Å². The van der Waals surface area contributed by atoms with Gasteiger partial charge in [0.25, 0.3) is 0 Å². The Hall–Kier alpha value is -1.83. The number of amides is 1. The molecule has 0 bridgehead atoms. The monoisotopic (exact) mass is 260 g/mol. The van der Waals surface area contributed by atoms with E-state index in [9.17, 15) is 4.79 Å². The molecule has 1 aliphatic carbocycles. The number of carbonyl (C=O) groups excluding carboxylic acids is 1. The molecule has 1 aromatic heterocycles. The molecule has 1 aliphatic rings. The molecule has 5 nitrogen and oxygen atoms in total. The van der Waals surface area contributed by atoms with Crippen LogP contribution in [0.25, 0.3) is 0 Å². The Labute approximate surface area is 113 Å². The number of carbonyl (C=O) groups is 1. The average Bonchev–Trinajstić information content (AvgIpc) is 2.69. The Balaban J connectivity index is 2.48. The maximum absolute atomic E-state index is 11.1. The lowest BCUT2D eigenvalue weighted by molar-refractivity contribution is -0.118. The Kier molecular flexibility index (Phi) is 3.89. The first-order valence-corrected chi connectivity index (χ1v) is 6.79. The summed E-state index contributed by atoms with van der Waals surface area (Å²) in [6.07, 6.45) is 3.52. The first-order valence-electron chi connectivity index (χ1n) is 6.79. The molecule has 5 heteroatoms. The van der Waals surface area contributed by atoms with Crippen molar-refractivity contribution in [2.24, 2.45) is 5.73 Å². The van der Waals surface area contributed by atoms with Crippen LogP contribution in [0, 0.1) is 11.3 Å². The van der Waals surface area contributed by atoms with Crippen molar-refractivity contribution in [1.29, 1.82) is 5.26 Å². The standard InChI is InChI=1S/C14H20N4O/c1-9(2)14-13-10(6-7-15)4-3-5-11(13)18(17-14)8-12(16)19/h9-10H,3-6,8H2,1-2H3,(H2,16,19).